The second-order valence-electron chi connectivity index (χ2n) is 23.9. The van der Waals surface area contributed by atoms with Gasteiger partial charge < -0.3 is 23.0 Å². The lowest BCUT2D eigenvalue weighted by molar-refractivity contribution is 0.487. The number of anilines is 3. The monoisotopic (exact) mass is 1150 g/mol. The van der Waals surface area contributed by atoms with Crippen LogP contribution >= 0.6 is 0 Å². The molecule has 5 nitrogen and oxygen atoms in total. The molecule has 14 aromatic carbocycles. The second-order valence-corrected chi connectivity index (χ2v) is 23.9. The third-order valence-corrected chi connectivity index (χ3v) is 18.8. The van der Waals surface area contributed by atoms with Crippen molar-refractivity contribution in [2.45, 2.75) is 0 Å². The molecule has 5 heterocycles. The molecule has 2 aliphatic rings. The number of hydrogen-bond donors (Lipinski definition) is 0. The minimum Gasteiger partial charge on any atom is -0.458 e. The Kier molecular flexibility index (Phi) is 11.1. The van der Waals surface area contributed by atoms with E-state index in [2.05, 4.69) is 301 Å². The third kappa shape index (κ3) is 7.84. The molecule has 17 aromatic rings. The van der Waals surface area contributed by atoms with Gasteiger partial charge in [0.05, 0.1) is 22.4 Å². The van der Waals surface area contributed by atoms with Crippen LogP contribution in [0.5, 0.6) is 11.5 Å². The van der Waals surface area contributed by atoms with Crippen LogP contribution in [0.4, 0.5) is 17.1 Å². The minimum atomic E-state index is -0.216. The number of furan rings is 2. The van der Waals surface area contributed by atoms with Crippen LogP contribution in [0.1, 0.15) is 0 Å². The van der Waals surface area contributed by atoms with Gasteiger partial charge in [0.15, 0.2) is 0 Å². The Balaban J connectivity index is 0.909. The van der Waals surface area contributed by atoms with Crippen molar-refractivity contribution in [2.75, 3.05) is 4.90 Å². The highest BCUT2D eigenvalue weighted by atomic mass is 16.5. The van der Waals surface area contributed by atoms with Crippen LogP contribution in [0.25, 0.3) is 138 Å². The average Bonchev–Trinajstić information content (AvgIpc) is 0.810. The van der Waals surface area contributed by atoms with Crippen molar-refractivity contribution in [3.05, 3.63) is 309 Å². The van der Waals surface area contributed by atoms with Crippen molar-refractivity contribution in [1.29, 1.82) is 0 Å². The standard InChI is InChI=1S/C84H51BN2O3/c1-5-18-52(19-6-1)56-34-40-73-67(44-56)68-45-57(53-20-7-2-8-21-53)35-41-74(68)86(73)62-50-76-83-82(51-62)90-81-49-61(59-37-43-80-70(47-59)66-27-14-16-31-78(66)89-80)33-39-72(81)85(83)71-38-32-60(58-36-42-79-69(46-58)65-26-13-15-30-77(65)88-79)48-75(71)87(76)84-63(54-22-9-3-10-23-54)28-17-29-64(84)55-24-11-4-12-25-55/h1-51H. The molecule has 0 bridgehead atoms. The molecule has 0 saturated heterocycles. The van der Waals surface area contributed by atoms with Gasteiger partial charge in [-0.05, 0) is 151 Å². The molecule has 2 aliphatic heterocycles. The van der Waals surface area contributed by atoms with Gasteiger partial charge in [0, 0.05) is 60.9 Å². The summed E-state index contributed by atoms with van der Waals surface area (Å²) in [5.74, 6) is 1.63. The molecule has 90 heavy (non-hydrogen) atoms. The van der Waals surface area contributed by atoms with Crippen LogP contribution < -0.4 is 26.0 Å². The number of para-hydroxylation sites is 3. The van der Waals surface area contributed by atoms with Crippen molar-refractivity contribution < 1.29 is 13.6 Å². The number of fused-ring (bicyclic) bond motifs is 13. The summed E-state index contributed by atoms with van der Waals surface area (Å²) >= 11 is 0. The SMILES string of the molecule is c1ccc(-c2ccc3c(c2)c2cc(-c4ccccc4)ccc2n3-c2cc3c4c(c2)N(c2c(-c5ccccc5)cccc2-c2ccccc2)c2cc(-c5ccc6oc7ccccc7c6c5)ccc2B4c2ccc(-c4ccc5oc6ccccc6c5c4)cc2O3)cc1. The van der Waals surface area contributed by atoms with Crippen molar-refractivity contribution in [1.82, 2.24) is 4.57 Å². The molecule has 3 aromatic heterocycles. The van der Waals surface area contributed by atoms with Gasteiger partial charge in [-0.25, -0.2) is 0 Å². The van der Waals surface area contributed by atoms with E-state index >= 15 is 0 Å². The van der Waals surface area contributed by atoms with Gasteiger partial charge in [-0.15, -0.1) is 0 Å². The first-order valence-electron chi connectivity index (χ1n) is 30.8. The largest absolute Gasteiger partial charge is 0.458 e. The lowest BCUT2D eigenvalue weighted by Crippen LogP contribution is -2.59. The highest BCUT2D eigenvalue weighted by Gasteiger charge is 2.44. The lowest BCUT2D eigenvalue weighted by atomic mass is 9.34. The molecule has 0 unspecified atom stereocenters. The van der Waals surface area contributed by atoms with Gasteiger partial charge >= 0.3 is 0 Å². The van der Waals surface area contributed by atoms with E-state index in [0.717, 1.165) is 156 Å². The fourth-order valence-corrected chi connectivity index (χ4v) is 14.7. The molecule has 0 radical (unpaired) electrons. The summed E-state index contributed by atoms with van der Waals surface area (Å²) in [6, 6.07) is 112. The van der Waals surface area contributed by atoms with Crippen LogP contribution in [0.3, 0.4) is 0 Å². The lowest BCUT2D eigenvalue weighted by Gasteiger charge is -2.42. The molecule has 0 N–H and O–H groups in total. The number of nitrogens with zero attached hydrogens (tertiary/aromatic N) is 2. The molecular formula is C84H51BN2O3. The summed E-state index contributed by atoms with van der Waals surface area (Å²) < 4.78 is 22.9. The Morgan fingerprint density at radius 3 is 1.26 bits per heavy atom. The predicted molar refractivity (Wildman–Crippen MR) is 374 cm³/mol. The Morgan fingerprint density at radius 1 is 0.267 bits per heavy atom. The molecule has 0 spiro atoms. The molecule has 418 valence electrons. The minimum absolute atomic E-state index is 0.216. The number of hydrogen-bond acceptors (Lipinski definition) is 4. The van der Waals surface area contributed by atoms with E-state index in [4.69, 9.17) is 13.6 Å². The zero-order valence-corrected chi connectivity index (χ0v) is 48.6. The summed E-state index contributed by atoms with van der Waals surface area (Å²) in [6.07, 6.45) is 0. The van der Waals surface area contributed by atoms with Crippen LogP contribution in [-0.2, 0) is 0 Å². The van der Waals surface area contributed by atoms with Crippen LogP contribution in [-0.4, -0.2) is 11.3 Å². The molecule has 0 aliphatic carbocycles. The Labute approximate surface area is 519 Å². The fraction of sp³-hybridized carbons (Fsp3) is 0. The summed E-state index contributed by atoms with van der Waals surface area (Å²) in [5.41, 5.74) is 26.7. The van der Waals surface area contributed by atoms with E-state index in [1.165, 1.54) is 27.4 Å². The number of rotatable bonds is 8. The normalized spacial score (nSPS) is 12.5. The van der Waals surface area contributed by atoms with Crippen molar-refractivity contribution in [2.24, 2.45) is 0 Å². The molecule has 0 amide bonds. The summed E-state index contributed by atoms with van der Waals surface area (Å²) in [5, 5.41) is 6.71. The average molecular weight is 1150 g/mol. The molecule has 0 saturated carbocycles. The first-order chi connectivity index (χ1) is 44.6. The molecule has 6 heteroatoms. The highest BCUT2D eigenvalue weighted by Crippen LogP contribution is 2.51. The topological polar surface area (TPSA) is 43.7 Å². The maximum Gasteiger partial charge on any atom is 0.256 e. The fourth-order valence-electron chi connectivity index (χ4n) is 14.7. The van der Waals surface area contributed by atoms with Gasteiger partial charge in [0.1, 0.15) is 33.8 Å². The molecule has 0 fully saturated rings. The molecular weight excluding hydrogens is 1100 g/mol. The Hall–Kier alpha value is -11.9. The van der Waals surface area contributed by atoms with E-state index in [1.54, 1.807) is 0 Å². The number of benzene rings is 14. The van der Waals surface area contributed by atoms with E-state index in [9.17, 15) is 0 Å². The summed E-state index contributed by atoms with van der Waals surface area (Å²) in [4.78, 5) is 2.58. The smallest absolute Gasteiger partial charge is 0.256 e. The highest BCUT2D eigenvalue weighted by molar-refractivity contribution is 6.99. The van der Waals surface area contributed by atoms with Gasteiger partial charge in [-0.3, -0.25) is 0 Å². The second kappa shape index (κ2) is 19.8. The van der Waals surface area contributed by atoms with Crippen molar-refractivity contribution >= 4 is 106 Å². The van der Waals surface area contributed by atoms with E-state index in [0.29, 0.717) is 0 Å². The first kappa shape index (κ1) is 50.3. The van der Waals surface area contributed by atoms with Crippen LogP contribution in [0.2, 0.25) is 0 Å². The van der Waals surface area contributed by atoms with Crippen LogP contribution in [0, 0.1) is 0 Å². The van der Waals surface area contributed by atoms with Crippen molar-refractivity contribution in [3.8, 4) is 83.9 Å². The summed E-state index contributed by atoms with van der Waals surface area (Å²) in [7, 11) is 0. The molecule has 19 rings (SSSR count). The number of aromatic nitrogens is 1. The van der Waals surface area contributed by atoms with Gasteiger partial charge in [-0.2, -0.15) is 0 Å². The van der Waals surface area contributed by atoms with Gasteiger partial charge in [-0.1, -0.05) is 224 Å². The summed E-state index contributed by atoms with van der Waals surface area (Å²) in [6.45, 7) is -0.216. The van der Waals surface area contributed by atoms with E-state index < -0.39 is 0 Å². The molecule has 0 atom stereocenters. The first-order valence-corrected chi connectivity index (χ1v) is 30.8. The van der Waals surface area contributed by atoms with Gasteiger partial charge in [0.2, 0.25) is 0 Å². The maximum atomic E-state index is 7.67. The van der Waals surface area contributed by atoms with Crippen LogP contribution in [0.15, 0.2) is 318 Å². The number of ether oxygens (including phenoxy) is 1. The Morgan fingerprint density at radius 2 is 0.700 bits per heavy atom. The van der Waals surface area contributed by atoms with Crippen molar-refractivity contribution in [3.63, 3.8) is 0 Å². The van der Waals surface area contributed by atoms with E-state index in [-0.39, 0.29) is 6.71 Å². The Bertz CT molecular complexity index is 5610. The maximum absolute atomic E-state index is 7.67. The van der Waals surface area contributed by atoms with Gasteiger partial charge in [0.25, 0.3) is 6.71 Å². The van der Waals surface area contributed by atoms with E-state index in [1.807, 2.05) is 18.2 Å². The zero-order chi connectivity index (χ0) is 59.0. The third-order valence-electron chi connectivity index (χ3n) is 18.8. The quantitative estimate of drug-likeness (QED) is 0.142. The zero-order valence-electron chi connectivity index (χ0n) is 48.6. The predicted octanol–water partition coefficient (Wildman–Crippen LogP) is 21.0.